The third kappa shape index (κ3) is 2.00. The summed E-state index contributed by atoms with van der Waals surface area (Å²) in [5.74, 6) is 3.62. The molecule has 0 bridgehead atoms. The Balaban J connectivity index is 1.77. The molecule has 0 saturated carbocycles. The molecule has 2 aliphatic heterocycles. The zero-order chi connectivity index (χ0) is 17.7. The number of benzene rings is 1. The van der Waals surface area contributed by atoms with E-state index in [2.05, 4.69) is 63.9 Å². The number of para-hydroxylation sites is 1. The van der Waals surface area contributed by atoms with Crippen molar-refractivity contribution >= 4 is 23.1 Å². The highest BCUT2D eigenvalue weighted by Gasteiger charge is 2.49. The van der Waals surface area contributed by atoms with E-state index in [0.717, 1.165) is 23.9 Å². The summed E-state index contributed by atoms with van der Waals surface area (Å²) in [7, 11) is 0. The van der Waals surface area contributed by atoms with Gasteiger partial charge in [-0.25, -0.2) is 15.0 Å². The van der Waals surface area contributed by atoms with Crippen LogP contribution in [0.5, 0.6) is 0 Å². The Morgan fingerprint density at radius 3 is 2.31 bits per heavy atom. The Hall–Kier alpha value is -2.95. The fourth-order valence-corrected chi connectivity index (χ4v) is 4.60. The predicted molar refractivity (Wildman–Crippen MR) is 103 cm³/mol. The lowest BCUT2D eigenvalue weighted by Crippen LogP contribution is -2.48. The Morgan fingerprint density at radius 1 is 0.846 bits per heavy atom. The Labute approximate surface area is 153 Å². The van der Waals surface area contributed by atoms with Crippen LogP contribution >= 0.6 is 0 Å². The van der Waals surface area contributed by atoms with Gasteiger partial charge in [0.1, 0.15) is 12.0 Å². The van der Waals surface area contributed by atoms with Crippen LogP contribution in [0.4, 0.5) is 23.1 Å². The van der Waals surface area contributed by atoms with Crippen LogP contribution in [0.25, 0.3) is 0 Å². The lowest BCUT2D eigenvalue weighted by Gasteiger charge is -2.44. The van der Waals surface area contributed by atoms with Crippen molar-refractivity contribution in [2.45, 2.75) is 32.4 Å². The molecular weight excluding hydrogens is 322 g/mol. The summed E-state index contributed by atoms with van der Waals surface area (Å²) in [4.78, 5) is 18.6. The van der Waals surface area contributed by atoms with Gasteiger partial charge in [-0.2, -0.15) is 0 Å². The van der Waals surface area contributed by atoms with Gasteiger partial charge >= 0.3 is 0 Å². The molecule has 5 heteroatoms. The van der Waals surface area contributed by atoms with Gasteiger partial charge in [0.05, 0.1) is 0 Å². The summed E-state index contributed by atoms with van der Waals surface area (Å²) in [5.41, 5.74) is 2.64. The molecule has 1 aromatic carbocycles. The molecule has 2 aromatic heterocycles. The summed E-state index contributed by atoms with van der Waals surface area (Å²) < 4.78 is 0. The van der Waals surface area contributed by atoms with E-state index in [-0.39, 0.29) is 6.17 Å². The van der Waals surface area contributed by atoms with Crippen LogP contribution < -0.4 is 9.80 Å². The number of nitrogens with zero attached hydrogens (tertiary/aromatic N) is 5. The van der Waals surface area contributed by atoms with Gasteiger partial charge in [-0.1, -0.05) is 38.1 Å². The number of aromatic nitrogens is 3. The first-order valence-corrected chi connectivity index (χ1v) is 9.20. The van der Waals surface area contributed by atoms with Crippen LogP contribution in [-0.2, 0) is 0 Å². The molecule has 4 heterocycles. The number of hydrogen-bond donors (Lipinski definition) is 0. The van der Waals surface area contributed by atoms with Crippen molar-refractivity contribution in [1.29, 1.82) is 0 Å². The molecular formula is C21H21N5. The maximum atomic E-state index is 4.70. The number of anilines is 4. The first-order chi connectivity index (χ1) is 12.8. The van der Waals surface area contributed by atoms with E-state index >= 15 is 0 Å². The largest absolute Gasteiger partial charge is 0.301 e. The first-order valence-electron chi connectivity index (χ1n) is 9.20. The third-order valence-electron chi connectivity index (χ3n) is 5.68. The van der Waals surface area contributed by atoms with E-state index in [1.165, 1.54) is 11.3 Å². The molecule has 2 aliphatic rings. The minimum absolute atomic E-state index is 0.127. The number of hydrogen-bond acceptors (Lipinski definition) is 5. The lowest BCUT2D eigenvalue weighted by molar-refractivity contribution is 0.359. The highest BCUT2D eigenvalue weighted by Crippen LogP contribution is 2.54. The second-order valence-corrected chi connectivity index (χ2v) is 6.98. The molecule has 5 rings (SSSR count). The second-order valence-electron chi connectivity index (χ2n) is 6.98. The molecule has 130 valence electrons. The van der Waals surface area contributed by atoms with E-state index in [1.54, 1.807) is 12.4 Å². The topological polar surface area (TPSA) is 45.2 Å². The molecule has 0 aliphatic carbocycles. The SMILES string of the molecule is CCC1c2ccccc2N2c3nccnc3N(c3ccccn3)C2C1C. The van der Waals surface area contributed by atoms with Gasteiger partial charge in [-0.3, -0.25) is 4.90 Å². The van der Waals surface area contributed by atoms with E-state index in [4.69, 9.17) is 4.98 Å². The van der Waals surface area contributed by atoms with Gasteiger partial charge in [-0.05, 0) is 36.1 Å². The zero-order valence-corrected chi connectivity index (χ0v) is 14.9. The highest BCUT2D eigenvalue weighted by molar-refractivity contribution is 5.84. The number of pyridine rings is 1. The predicted octanol–water partition coefficient (Wildman–Crippen LogP) is 4.63. The molecule has 0 spiro atoms. The fraction of sp³-hybridized carbons (Fsp3) is 0.286. The lowest BCUT2D eigenvalue weighted by atomic mass is 9.78. The molecule has 3 atom stereocenters. The molecule has 0 amide bonds. The van der Waals surface area contributed by atoms with Gasteiger partial charge < -0.3 is 4.90 Å². The monoisotopic (exact) mass is 343 g/mol. The van der Waals surface area contributed by atoms with Crippen LogP contribution in [0.1, 0.15) is 31.7 Å². The minimum Gasteiger partial charge on any atom is -0.301 e. The average molecular weight is 343 g/mol. The summed E-state index contributed by atoms with van der Waals surface area (Å²) in [5, 5.41) is 0. The highest BCUT2D eigenvalue weighted by atomic mass is 15.5. The number of fused-ring (bicyclic) bond motifs is 5. The van der Waals surface area contributed by atoms with Crippen molar-refractivity contribution < 1.29 is 0 Å². The van der Waals surface area contributed by atoms with Crippen molar-refractivity contribution in [2.24, 2.45) is 5.92 Å². The van der Waals surface area contributed by atoms with Crippen molar-refractivity contribution in [3.63, 3.8) is 0 Å². The van der Waals surface area contributed by atoms with Gasteiger partial charge in [-0.15, -0.1) is 0 Å². The molecule has 3 aromatic rings. The van der Waals surface area contributed by atoms with Gasteiger partial charge in [0, 0.05) is 30.2 Å². The van der Waals surface area contributed by atoms with Crippen LogP contribution in [0.3, 0.4) is 0 Å². The fourth-order valence-electron chi connectivity index (χ4n) is 4.60. The Kier molecular flexibility index (Phi) is 3.42. The van der Waals surface area contributed by atoms with Crippen molar-refractivity contribution in [2.75, 3.05) is 9.80 Å². The summed E-state index contributed by atoms with van der Waals surface area (Å²) >= 11 is 0. The van der Waals surface area contributed by atoms with Crippen LogP contribution in [0, 0.1) is 5.92 Å². The van der Waals surface area contributed by atoms with Gasteiger partial charge in [0.2, 0.25) is 0 Å². The smallest absolute Gasteiger partial charge is 0.179 e. The maximum absolute atomic E-state index is 4.70. The molecule has 26 heavy (non-hydrogen) atoms. The minimum atomic E-state index is 0.127. The van der Waals surface area contributed by atoms with Crippen LogP contribution in [-0.4, -0.2) is 21.1 Å². The van der Waals surface area contributed by atoms with Gasteiger partial charge in [0.15, 0.2) is 11.6 Å². The second kappa shape index (κ2) is 5.80. The number of rotatable bonds is 2. The molecule has 0 fully saturated rings. The average Bonchev–Trinajstić information content (AvgIpc) is 3.05. The quantitative estimate of drug-likeness (QED) is 0.679. The molecule has 0 saturated heterocycles. The van der Waals surface area contributed by atoms with E-state index in [0.29, 0.717) is 11.8 Å². The Bertz CT molecular complexity index is 942. The van der Waals surface area contributed by atoms with Crippen molar-refractivity contribution in [3.8, 4) is 0 Å². The standard InChI is InChI=1S/C21H21N5/c1-3-15-14(2)21-25(17-9-5-4-8-16(15)17)19-20(24-13-12-23-19)26(21)18-10-6-7-11-22-18/h4-15,21H,3H2,1-2H3. The van der Waals surface area contributed by atoms with Crippen molar-refractivity contribution in [1.82, 2.24) is 15.0 Å². The van der Waals surface area contributed by atoms with E-state index in [1.807, 2.05) is 18.3 Å². The van der Waals surface area contributed by atoms with Gasteiger partial charge in [0.25, 0.3) is 0 Å². The summed E-state index contributed by atoms with van der Waals surface area (Å²) in [6.07, 6.45) is 6.61. The maximum Gasteiger partial charge on any atom is 0.179 e. The molecule has 0 radical (unpaired) electrons. The van der Waals surface area contributed by atoms with Crippen LogP contribution in [0.2, 0.25) is 0 Å². The molecule has 3 unspecified atom stereocenters. The van der Waals surface area contributed by atoms with E-state index < -0.39 is 0 Å². The Morgan fingerprint density at radius 2 is 1.58 bits per heavy atom. The summed E-state index contributed by atoms with van der Waals surface area (Å²) in [6, 6.07) is 14.7. The zero-order valence-electron chi connectivity index (χ0n) is 14.9. The summed E-state index contributed by atoms with van der Waals surface area (Å²) in [6.45, 7) is 4.61. The first kappa shape index (κ1) is 15.3. The normalized spacial score (nSPS) is 23.4. The van der Waals surface area contributed by atoms with E-state index in [9.17, 15) is 0 Å². The van der Waals surface area contributed by atoms with Crippen molar-refractivity contribution in [3.05, 3.63) is 66.6 Å². The van der Waals surface area contributed by atoms with Crippen LogP contribution in [0.15, 0.2) is 61.1 Å². The third-order valence-corrected chi connectivity index (χ3v) is 5.68. The molecule has 5 nitrogen and oxygen atoms in total. The molecule has 0 N–H and O–H groups in total.